The minimum atomic E-state index is -0.508. The predicted molar refractivity (Wildman–Crippen MR) is 56.0 cm³/mol. The lowest BCUT2D eigenvalue weighted by Gasteiger charge is -2.08. The highest BCUT2D eigenvalue weighted by molar-refractivity contribution is 5.77. The molecule has 0 aliphatic rings. The third-order valence-corrected chi connectivity index (χ3v) is 1.83. The number of pyridine rings is 1. The summed E-state index contributed by atoms with van der Waals surface area (Å²) in [4.78, 5) is 7.93. The van der Waals surface area contributed by atoms with Crippen LogP contribution < -0.4 is 5.73 Å². The lowest BCUT2D eigenvalue weighted by molar-refractivity contribution is 0.170. The van der Waals surface area contributed by atoms with Crippen LogP contribution in [0.25, 0.3) is 0 Å². The van der Waals surface area contributed by atoms with Crippen LogP contribution in [0.15, 0.2) is 29.5 Å². The first-order valence-electron chi connectivity index (χ1n) is 4.54. The van der Waals surface area contributed by atoms with E-state index in [1.807, 2.05) is 6.07 Å². The van der Waals surface area contributed by atoms with Crippen molar-refractivity contribution >= 4 is 5.84 Å². The molecule has 76 valence electrons. The molecule has 3 N–H and O–H groups in total. The van der Waals surface area contributed by atoms with Gasteiger partial charge in [-0.25, -0.2) is 0 Å². The molecule has 0 bridgehead atoms. The molecule has 14 heavy (non-hydrogen) atoms. The van der Waals surface area contributed by atoms with Crippen LogP contribution in [0, 0.1) is 0 Å². The number of nitrogens with zero attached hydrogens (tertiary/aromatic N) is 2. The number of amidine groups is 1. The summed E-state index contributed by atoms with van der Waals surface area (Å²) in [5.74, 6) is 0.545. The van der Waals surface area contributed by atoms with Gasteiger partial charge in [-0.3, -0.25) is 9.98 Å². The summed E-state index contributed by atoms with van der Waals surface area (Å²) in [6, 6.07) is 3.65. The van der Waals surface area contributed by atoms with Gasteiger partial charge in [0.05, 0.1) is 11.9 Å². The van der Waals surface area contributed by atoms with Crippen LogP contribution in [0.5, 0.6) is 0 Å². The Morgan fingerprint density at radius 3 is 3.07 bits per heavy atom. The van der Waals surface area contributed by atoms with Gasteiger partial charge in [-0.15, -0.1) is 0 Å². The van der Waals surface area contributed by atoms with Gasteiger partial charge in [0.2, 0.25) is 0 Å². The van der Waals surface area contributed by atoms with Crippen molar-refractivity contribution in [2.45, 2.75) is 19.4 Å². The molecule has 0 aromatic carbocycles. The van der Waals surface area contributed by atoms with E-state index in [2.05, 4.69) is 9.98 Å². The number of aliphatic hydroxyl groups excluding tert-OH is 1. The quantitative estimate of drug-likeness (QED) is 0.551. The lowest BCUT2D eigenvalue weighted by Crippen LogP contribution is -2.07. The standard InChI is InChI=1S/C10H15N3O/c1-8(11)13-6-4-10(14)9-3-2-5-12-7-9/h2-3,5,7,10,14H,4,6H2,1H3,(H2,11,13). The Hall–Kier alpha value is -1.42. The predicted octanol–water partition coefficient (Wildman–Crippen LogP) is 0.882. The third kappa shape index (κ3) is 3.53. The molecule has 0 fully saturated rings. The Kier molecular flexibility index (Phi) is 4.07. The number of hydrogen-bond donors (Lipinski definition) is 2. The molecule has 4 heteroatoms. The van der Waals surface area contributed by atoms with Gasteiger partial charge >= 0.3 is 0 Å². The number of aromatic nitrogens is 1. The molecule has 4 nitrogen and oxygen atoms in total. The lowest BCUT2D eigenvalue weighted by atomic mass is 10.1. The molecule has 1 aromatic heterocycles. The fourth-order valence-electron chi connectivity index (χ4n) is 1.10. The van der Waals surface area contributed by atoms with Crippen LogP contribution in [-0.2, 0) is 0 Å². The van der Waals surface area contributed by atoms with Gasteiger partial charge in [0.15, 0.2) is 0 Å². The van der Waals surface area contributed by atoms with Crippen LogP contribution in [0.1, 0.15) is 25.0 Å². The second kappa shape index (κ2) is 5.34. The zero-order chi connectivity index (χ0) is 10.4. The zero-order valence-electron chi connectivity index (χ0n) is 8.22. The van der Waals surface area contributed by atoms with Crippen molar-refractivity contribution in [3.05, 3.63) is 30.1 Å². The van der Waals surface area contributed by atoms with E-state index in [1.54, 1.807) is 25.4 Å². The summed E-state index contributed by atoms with van der Waals surface area (Å²) in [5.41, 5.74) is 6.19. The Balaban J connectivity index is 2.43. The number of aliphatic hydroxyl groups is 1. The van der Waals surface area contributed by atoms with Crippen molar-refractivity contribution in [3.63, 3.8) is 0 Å². The summed E-state index contributed by atoms with van der Waals surface area (Å²) < 4.78 is 0. The molecule has 0 aliphatic heterocycles. The molecule has 1 rings (SSSR count). The highest BCUT2D eigenvalue weighted by Gasteiger charge is 2.05. The number of rotatable bonds is 4. The minimum absolute atomic E-state index is 0.508. The summed E-state index contributed by atoms with van der Waals surface area (Å²) in [7, 11) is 0. The van der Waals surface area contributed by atoms with Crippen molar-refractivity contribution in [3.8, 4) is 0 Å². The van der Waals surface area contributed by atoms with Crippen molar-refractivity contribution in [2.24, 2.45) is 10.7 Å². The highest BCUT2D eigenvalue weighted by atomic mass is 16.3. The van der Waals surface area contributed by atoms with Crippen molar-refractivity contribution < 1.29 is 5.11 Å². The maximum Gasteiger partial charge on any atom is 0.0905 e. The van der Waals surface area contributed by atoms with Gasteiger partial charge in [0.1, 0.15) is 0 Å². The highest BCUT2D eigenvalue weighted by Crippen LogP contribution is 2.14. The number of aliphatic imine (C=N–C) groups is 1. The van der Waals surface area contributed by atoms with Crippen LogP contribution in [0.2, 0.25) is 0 Å². The van der Waals surface area contributed by atoms with Crippen LogP contribution in [-0.4, -0.2) is 22.5 Å². The van der Waals surface area contributed by atoms with E-state index in [-0.39, 0.29) is 0 Å². The second-order valence-electron chi connectivity index (χ2n) is 3.11. The molecule has 1 atom stereocenters. The summed E-state index contributed by atoms with van der Waals surface area (Å²) >= 11 is 0. The third-order valence-electron chi connectivity index (χ3n) is 1.83. The Bertz CT molecular complexity index is 293. The molecular formula is C10H15N3O. The molecule has 0 radical (unpaired) electrons. The zero-order valence-corrected chi connectivity index (χ0v) is 8.22. The van der Waals surface area contributed by atoms with Crippen molar-refractivity contribution in [2.75, 3.05) is 6.54 Å². The van der Waals surface area contributed by atoms with Crippen LogP contribution >= 0.6 is 0 Å². The molecule has 1 unspecified atom stereocenters. The molecule has 0 saturated carbocycles. The molecule has 0 aliphatic carbocycles. The molecule has 0 saturated heterocycles. The van der Waals surface area contributed by atoms with E-state index in [0.29, 0.717) is 18.8 Å². The van der Waals surface area contributed by atoms with Crippen LogP contribution in [0.3, 0.4) is 0 Å². The first kappa shape index (κ1) is 10.7. The SMILES string of the molecule is CC(N)=NCCC(O)c1cccnc1. The largest absolute Gasteiger partial charge is 0.388 e. The molecule has 1 aromatic rings. The van der Waals surface area contributed by atoms with Gasteiger partial charge < -0.3 is 10.8 Å². The van der Waals surface area contributed by atoms with Crippen molar-refractivity contribution in [1.82, 2.24) is 4.98 Å². The van der Waals surface area contributed by atoms with E-state index in [0.717, 1.165) is 5.56 Å². The van der Waals surface area contributed by atoms with E-state index < -0.39 is 6.10 Å². The fraction of sp³-hybridized carbons (Fsp3) is 0.400. The summed E-state index contributed by atoms with van der Waals surface area (Å²) in [5, 5.41) is 9.68. The van der Waals surface area contributed by atoms with E-state index in [1.165, 1.54) is 0 Å². The fourth-order valence-corrected chi connectivity index (χ4v) is 1.10. The van der Waals surface area contributed by atoms with Gasteiger partial charge in [0.25, 0.3) is 0 Å². The molecule has 0 amide bonds. The Labute approximate surface area is 83.5 Å². The number of nitrogens with two attached hydrogens (primary N) is 1. The minimum Gasteiger partial charge on any atom is -0.388 e. The Morgan fingerprint density at radius 1 is 1.71 bits per heavy atom. The van der Waals surface area contributed by atoms with Gasteiger partial charge in [-0.2, -0.15) is 0 Å². The monoisotopic (exact) mass is 193 g/mol. The smallest absolute Gasteiger partial charge is 0.0905 e. The number of hydrogen-bond acceptors (Lipinski definition) is 3. The maximum absolute atomic E-state index is 9.68. The molecular weight excluding hydrogens is 178 g/mol. The summed E-state index contributed by atoms with van der Waals surface area (Å²) in [6.45, 7) is 2.27. The maximum atomic E-state index is 9.68. The first-order valence-corrected chi connectivity index (χ1v) is 4.54. The van der Waals surface area contributed by atoms with Gasteiger partial charge in [-0.1, -0.05) is 6.07 Å². The van der Waals surface area contributed by atoms with E-state index in [4.69, 9.17) is 5.73 Å². The molecule has 0 spiro atoms. The first-order chi connectivity index (χ1) is 6.70. The average Bonchev–Trinajstić information content (AvgIpc) is 2.18. The second-order valence-corrected chi connectivity index (χ2v) is 3.11. The molecule has 1 heterocycles. The van der Waals surface area contributed by atoms with E-state index in [9.17, 15) is 5.11 Å². The normalized spacial score (nSPS) is 14.0. The average molecular weight is 193 g/mol. The topological polar surface area (TPSA) is 71.5 Å². The van der Waals surface area contributed by atoms with Crippen LogP contribution in [0.4, 0.5) is 0 Å². The summed E-state index contributed by atoms with van der Waals surface area (Å²) in [6.07, 6.45) is 3.40. The van der Waals surface area contributed by atoms with E-state index >= 15 is 0 Å². The van der Waals surface area contributed by atoms with Crippen molar-refractivity contribution in [1.29, 1.82) is 0 Å². The van der Waals surface area contributed by atoms with Gasteiger partial charge in [0, 0.05) is 18.9 Å². The Morgan fingerprint density at radius 2 is 2.50 bits per heavy atom. The van der Waals surface area contributed by atoms with Gasteiger partial charge in [-0.05, 0) is 25.0 Å².